The van der Waals surface area contributed by atoms with Gasteiger partial charge in [-0.2, -0.15) is 0 Å². The smallest absolute Gasteiger partial charge is 0.312 e. The van der Waals surface area contributed by atoms with Gasteiger partial charge in [0.2, 0.25) is 0 Å². The fourth-order valence-corrected chi connectivity index (χ4v) is 3.43. The molecular formula is C22H24N2O2. The highest BCUT2D eigenvalue weighted by molar-refractivity contribution is 6.35. The van der Waals surface area contributed by atoms with Crippen molar-refractivity contribution in [1.82, 2.24) is 10.2 Å². The van der Waals surface area contributed by atoms with E-state index >= 15 is 0 Å². The van der Waals surface area contributed by atoms with E-state index in [0.29, 0.717) is 12.5 Å². The molecule has 1 N–H and O–H groups in total. The SMILES string of the molecule is O=C(NC(c1ccccc1)C1CC1)C(=O)N(Cc1ccccc1)C1CC1. The molecule has 2 saturated carbocycles. The van der Waals surface area contributed by atoms with Gasteiger partial charge in [0.1, 0.15) is 0 Å². The van der Waals surface area contributed by atoms with E-state index in [2.05, 4.69) is 5.32 Å². The van der Waals surface area contributed by atoms with E-state index in [4.69, 9.17) is 0 Å². The van der Waals surface area contributed by atoms with E-state index in [1.54, 1.807) is 4.90 Å². The predicted octanol–water partition coefficient (Wildman–Crippen LogP) is 3.45. The summed E-state index contributed by atoms with van der Waals surface area (Å²) in [5, 5.41) is 3.01. The van der Waals surface area contributed by atoms with Gasteiger partial charge in [-0.25, -0.2) is 0 Å². The zero-order valence-corrected chi connectivity index (χ0v) is 14.8. The van der Waals surface area contributed by atoms with Gasteiger partial charge in [0.15, 0.2) is 0 Å². The average molecular weight is 348 g/mol. The van der Waals surface area contributed by atoms with E-state index in [0.717, 1.165) is 36.8 Å². The van der Waals surface area contributed by atoms with Crippen molar-refractivity contribution in [3.05, 3.63) is 71.8 Å². The molecule has 2 fully saturated rings. The molecule has 2 aromatic rings. The number of carbonyl (C=O) groups excluding carboxylic acids is 2. The molecule has 0 aliphatic heterocycles. The quantitative estimate of drug-likeness (QED) is 0.813. The molecule has 4 rings (SSSR count). The maximum absolute atomic E-state index is 12.9. The molecule has 1 unspecified atom stereocenters. The van der Waals surface area contributed by atoms with Gasteiger partial charge in [-0.3, -0.25) is 9.59 Å². The Balaban J connectivity index is 1.46. The van der Waals surface area contributed by atoms with Crippen LogP contribution < -0.4 is 5.32 Å². The van der Waals surface area contributed by atoms with Crippen LogP contribution in [0.15, 0.2) is 60.7 Å². The molecule has 2 aliphatic carbocycles. The van der Waals surface area contributed by atoms with Gasteiger partial charge in [-0.15, -0.1) is 0 Å². The molecular weight excluding hydrogens is 324 g/mol. The van der Waals surface area contributed by atoms with Crippen LogP contribution in [0.5, 0.6) is 0 Å². The molecule has 2 amide bonds. The third-order valence-corrected chi connectivity index (χ3v) is 5.18. The Morgan fingerprint density at radius 2 is 1.54 bits per heavy atom. The Bertz CT molecular complexity index is 767. The topological polar surface area (TPSA) is 49.4 Å². The van der Waals surface area contributed by atoms with Gasteiger partial charge in [0.25, 0.3) is 0 Å². The number of amides is 2. The highest BCUT2D eigenvalue weighted by atomic mass is 16.2. The van der Waals surface area contributed by atoms with Crippen LogP contribution in [0.1, 0.15) is 42.9 Å². The van der Waals surface area contributed by atoms with Crippen molar-refractivity contribution < 1.29 is 9.59 Å². The van der Waals surface area contributed by atoms with Gasteiger partial charge in [-0.1, -0.05) is 60.7 Å². The second-order valence-electron chi connectivity index (χ2n) is 7.35. The highest BCUT2D eigenvalue weighted by Gasteiger charge is 2.38. The lowest BCUT2D eigenvalue weighted by Gasteiger charge is -2.24. The van der Waals surface area contributed by atoms with Crippen LogP contribution in [-0.2, 0) is 16.1 Å². The lowest BCUT2D eigenvalue weighted by molar-refractivity contribution is -0.147. The predicted molar refractivity (Wildman–Crippen MR) is 100 cm³/mol. The summed E-state index contributed by atoms with van der Waals surface area (Å²) in [6.45, 7) is 0.497. The Morgan fingerprint density at radius 3 is 2.12 bits per heavy atom. The first kappa shape index (κ1) is 16.8. The van der Waals surface area contributed by atoms with Gasteiger partial charge >= 0.3 is 11.8 Å². The third-order valence-electron chi connectivity index (χ3n) is 5.18. The zero-order chi connectivity index (χ0) is 17.9. The van der Waals surface area contributed by atoms with E-state index < -0.39 is 11.8 Å². The molecule has 134 valence electrons. The highest BCUT2D eigenvalue weighted by Crippen LogP contribution is 2.41. The summed E-state index contributed by atoms with van der Waals surface area (Å²) in [6.07, 6.45) is 4.17. The summed E-state index contributed by atoms with van der Waals surface area (Å²) < 4.78 is 0. The van der Waals surface area contributed by atoms with E-state index in [-0.39, 0.29) is 12.1 Å². The van der Waals surface area contributed by atoms with Crippen molar-refractivity contribution in [3.8, 4) is 0 Å². The molecule has 0 radical (unpaired) electrons. The van der Waals surface area contributed by atoms with Gasteiger partial charge in [0.05, 0.1) is 6.04 Å². The molecule has 1 atom stereocenters. The minimum absolute atomic E-state index is 0.0644. The second-order valence-corrected chi connectivity index (χ2v) is 7.35. The molecule has 0 spiro atoms. The van der Waals surface area contributed by atoms with Crippen molar-refractivity contribution in [1.29, 1.82) is 0 Å². The number of nitrogens with zero attached hydrogens (tertiary/aromatic N) is 1. The molecule has 4 nitrogen and oxygen atoms in total. The molecule has 4 heteroatoms. The summed E-state index contributed by atoms with van der Waals surface area (Å²) in [4.78, 5) is 27.3. The maximum atomic E-state index is 12.9. The zero-order valence-electron chi connectivity index (χ0n) is 14.8. The first-order chi connectivity index (χ1) is 12.7. The molecule has 26 heavy (non-hydrogen) atoms. The number of benzene rings is 2. The van der Waals surface area contributed by atoms with E-state index in [1.165, 1.54) is 0 Å². The third kappa shape index (κ3) is 3.96. The van der Waals surface area contributed by atoms with Crippen LogP contribution in [0, 0.1) is 5.92 Å². The summed E-state index contributed by atoms with van der Waals surface area (Å²) in [5.41, 5.74) is 2.14. The second kappa shape index (κ2) is 7.32. The largest absolute Gasteiger partial charge is 0.341 e. The van der Waals surface area contributed by atoms with Gasteiger partial charge < -0.3 is 10.2 Å². The average Bonchev–Trinajstić information content (AvgIpc) is 3.58. The van der Waals surface area contributed by atoms with E-state index in [9.17, 15) is 9.59 Å². The maximum Gasteiger partial charge on any atom is 0.312 e. The molecule has 0 saturated heterocycles. The Morgan fingerprint density at radius 1 is 0.923 bits per heavy atom. The lowest BCUT2D eigenvalue weighted by Crippen LogP contribution is -2.45. The molecule has 0 bridgehead atoms. The molecule has 0 heterocycles. The standard InChI is InChI=1S/C22H24N2O2/c25-21(23-20(18-11-12-18)17-9-5-2-6-10-17)22(26)24(19-13-14-19)15-16-7-3-1-4-8-16/h1-10,18-20H,11-15H2,(H,23,25). The molecule has 2 aliphatic rings. The minimum atomic E-state index is -0.478. The number of rotatable bonds is 6. The van der Waals surface area contributed by atoms with Gasteiger partial charge in [0, 0.05) is 12.6 Å². The fourth-order valence-electron chi connectivity index (χ4n) is 3.43. The van der Waals surface area contributed by atoms with Gasteiger partial charge in [-0.05, 0) is 42.7 Å². The molecule has 2 aromatic carbocycles. The number of hydrogen-bond acceptors (Lipinski definition) is 2. The molecule has 0 aromatic heterocycles. The van der Waals surface area contributed by atoms with Crippen molar-refractivity contribution in [2.24, 2.45) is 5.92 Å². The van der Waals surface area contributed by atoms with Crippen molar-refractivity contribution >= 4 is 11.8 Å². The van der Waals surface area contributed by atoms with Crippen LogP contribution in [-0.4, -0.2) is 22.8 Å². The normalized spacial score (nSPS) is 17.4. The van der Waals surface area contributed by atoms with Crippen molar-refractivity contribution in [2.45, 2.75) is 44.3 Å². The Kier molecular flexibility index (Phi) is 4.74. The van der Waals surface area contributed by atoms with Crippen LogP contribution in [0.4, 0.5) is 0 Å². The van der Waals surface area contributed by atoms with Crippen molar-refractivity contribution in [2.75, 3.05) is 0 Å². The number of carbonyl (C=O) groups is 2. The first-order valence-electron chi connectivity index (χ1n) is 9.42. The van der Waals surface area contributed by atoms with Crippen LogP contribution in [0.3, 0.4) is 0 Å². The fraction of sp³-hybridized carbons (Fsp3) is 0.364. The number of hydrogen-bond donors (Lipinski definition) is 1. The monoisotopic (exact) mass is 348 g/mol. The number of nitrogens with one attached hydrogen (secondary N) is 1. The summed E-state index contributed by atoms with van der Waals surface area (Å²) in [6, 6.07) is 20.0. The minimum Gasteiger partial charge on any atom is -0.341 e. The van der Waals surface area contributed by atoms with E-state index in [1.807, 2.05) is 60.7 Å². The van der Waals surface area contributed by atoms with Crippen LogP contribution in [0.2, 0.25) is 0 Å². The first-order valence-corrected chi connectivity index (χ1v) is 9.42. The van der Waals surface area contributed by atoms with Crippen LogP contribution >= 0.6 is 0 Å². The van der Waals surface area contributed by atoms with Crippen LogP contribution in [0.25, 0.3) is 0 Å². The summed E-state index contributed by atoms with van der Waals surface area (Å²) in [5.74, 6) is -0.441. The summed E-state index contributed by atoms with van der Waals surface area (Å²) >= 11 is 0. The lowest BCUT2D eigenvalue weighted by atomic mass is 10.0. The van der Waals surface area contributed by atoms with Crippen molar-refractivity contribution in [3.63, 3.8) is 0 Å². The Labute approximate surface area is 154 Å². The Hall–Kier alpha value is -2.62. The summed E-state index contributed by atoms with van der Waals surface area (Å²) in [7, 11) is 0.